The van der Waals surface area contributed by atoms with Gasteiger partial charge in [0.05, 0.1) is 5.56 Å². The Labute approximate surface area is 117 Å². The van der Waals surface area contributed by atoms with Crippen LogP contribution in [0.15, 0.2) is 24.5 Å². The summed E-state index contributed by atoms with van der Waals surface area (Å²) in [6.45, 7) is -0.452. The van der Waals surface area contributed by atoms with Gasteiger partial charge in [0.2, 0.25) is 6.79 Å². The van der Waals surface area contributed by atoms with Gasteiger partial charge in [-0.2, -0.15) is 0 Å². The molecule has 1 fully saturated rings. The molecule has 20 heavy (non-hydrogen) atoms. The van der Waals surface area contributed by atoms with E-state index in [4.69, 9.17) is 14.2 Å². The molecule has 0 aromatic carbocycles. The lowest BCUT2D eigenvalue weighted by Crippen LogP contribution is -2.22. The number of ether oxygens (including phenoxy) is 3. The highest BCUT2D eigenvalue weighted by Crippen LogP contribution is 2.20. The first-order chi connectivity index (χ1) is 9.75. The van der Waals surface area contributed by atoms with Gasteiger partial charge >= 0.3 is 12.1 Å². The van der Waals surface area contributed by atoms with Crippen LogP contribution < -0.4 is 0 Å². The third-order valence-electron chi connectivity index (χ3n) is 3.10. The van der Waals surface area contributed by atoms with Crippen LogP contribution in [-0.4, -0.2) is 30.0 Å². The maximum absolute atomic E-state index is 11.5. The Morgan fingerprint density at radius 1 is 1.10 bits per heavy atom. The standard InChI is InChI=1S/C14H17NO5/c16-13(11-6-8-15-9-7-11)18-10-19-14(17)20-12-4-2-1-3-5-12/h6-9,12H,1-5,10H2. The van der Waals surface area contributed by atoms with E-state index in [2.05, 4.69) is 4.98 Å². The van der Waals surface area contributed by atoms with Gasteiger partial charge in [-0.3, -0.25) is 4.98 Å². The summed E-state index contributed by atoms with van der Waals surface area (Å²) in [5.41, 5.74) is 0.351. The molecule has 0 atom stereocenters. The molecule has 1 aliphatic carbocycles. The number of hydrogen-bond donors (Lipinski definition) is 0. The average Bonchev–Trinajstić information content (AvgIpc) is 2.49. The lowest BCUT2D eigenvalue weighted by atomic mass is 9.98. The summed E-state index contributed by atoms with van der Waals surface area (Å²) in [5.74, 6) is -0.571. The van der Waals surface area contributed by atoms with E-state index in [1.54, 1.807) is 0 Å². The minimum absolute atomic E-state index is 0.0767. The third-order valence-corrected chi connectivity index (χ3v) is 3.10. The van der Waals surface area contributed by atoms with Crippen LogP contribution in [0, 0.1) is 0 Å². The maximum Gasteiger partial charge on any atom is 0.511 e. The second-order valence-corrected chi connectivity index (χ2v) is 4.56. The molecule has 6 heteroatoms. The van der Waals surface area contributed by atoms with E-state index in [1.165, 1.54) is 30.9 Å². The van der Waals surface area contributed by atoms with E-state index in [0.29, 0.717) is 5.56 Å². The van der Waals surface area contributed by atoms with E-state index in [0.717, 1.165) is 25.7 Å². The van der Waals surface area contributed by atoms with Gasteiger partial charge in [0.15, 0.2) is 0 Å². The van der Waals surface area contributed by atoms with Crippen molar-refractivity contribution >= 4 is 12.1 Å². The Hall–Kier alpha value is -2.11. The van der Waals surface area contributed by atoms with Gasteiger partial charge in [0, 0.05) is 12.4 Å². The largest absolute Gasteiger partial charge is 0.511 e. The predicted octanol–water partition coefficient (Wildman–Crippen LogP) is 2.68. The molecule has 1 heterocycles. The van der Waals surface area contributed by atoms with E-state index < -0.39 is 18.9 Å². The number of rotatable bonds is 4. The summed E-state index contributed by atoms with van der Waals surface area (Å²) in [5, 5.41) is 0. The normalized spacial score (nSPS) is 15.4. The van der Waals surface area contributed by atoms with Crippen molar-refractivity contribution in [3.63, 3.8) is 0 Å². The summed E-state index contributed by atoms with van der Waals surface area (Å²) in [4.78, 5) is 26.7. The first kappa shape index (κ1) is 14.3. The molecule has 0 bridgehead atoms. The summed E-state index contributed by atoms with van der Waals surface area (Å²) in [7, 11) is 0. The number of carbonyl (C=O) groups is 2. The monoisotopic (exact) mass is 279 g/mol. The van der Waals surface area contributed by atoms with Crippen molar-refractivity contribution in [2.24, 2.45) is 0 Å². The fourth-order valence-corrected chi connectivity index (χ4v) is 2.06. The SMILES string of the molecule is O=C(OCOC(=O)c1ccncc1)OC1CCCCC1. The van der Waals surface area contributed by atoms with Crippen LogP contribution in [-0.2, 0) is 14.2 Å². The maximum atomic E-state index is 11.5. The molecule has 0 radical (unpaired) electrons. The van der Waals surface area contributed by atoms with Gasteiger partial charge in [0.25, 0.3) is 0 Å². The van der Waals surface area contributed by atoms with Gasteiger partial charge in [-0.15, -0.1) is 0 Å². The smallest absolute Gasteiger partial charge is 0.431 e. The Morgan fingerprint density at radius 2 is 1.80 bits per heavy atom. The van der Waals surface area contributed by atoms with Crippen molar-refractivity contribution in [3.05, 3.63) is 30.1 Å². The minimum Gasteiger partial charge on any atom is -0.431 e. The van der Waals surface area contributed by atoms with Crippen LogP contribution in [0.4, 0.5) is 4.79 Å². The van der Waals surface area contributed by atoms with Crippen molar-refractivity contribution in [2.75, 3.05) is 6.79 Å². The van der Waals surface area contributed by atoms with Crippen LogP contribution in [0.1, 0.15) is 42.5 Å². The molecular formula is C14H17NO5. The molecule has 1 saturated carbocycles. The number of nitrogens with zero attached hydrogens (tertiary/aromatic N) is 1. The highest BCUT2D eigenvalue weighted by molar-refractivity contribution is 5.89. The van der Waals surface area contributed by atoms with Crippen LogP contribution >= 0.6 is 0 Å². The quantitative estimate of drug-likeness (QED) is 0.623. The Balaban J connectivity index is 1.65. The van der Waals surface area contributed by atoms with Crippen molar-refractivity contribution in [2.45, 2.75) is 38.2 Å². The van der Waals surface area contributed by atoms with E-state index in [9.17, 15) is 9.59 Å². The van der Waals surface area contributed by atoms with Crippen molar-refractivity contribution in [1.82, 2.24) is 4.98 Å². The van der Waals surface area contributed by atoms with Crippen LogP contribution in [0.25, 0.3) is 0 Å². The number of esters is 1. The summed E-state index contributed by atoms with van der Waals surface area (Å²) in [6, 6.07) is 3.03. The molecule has 0 aliphatic heterocycles. The van der Waals surface area contributed by atoms with Gasteiger partial charge in [-0.05, 0) is 37.8 Å². The predicted molar refractivity (Wildman–Crippen MR) is 69.0 cm³/mol. The zero-order chi connectivity index (χ0) is 14.2. The number of pyridine rings is 1. The Morgan fingerprint density at radius 3 is 2.50 bits per heavy atom. The highest BCUT2D eigenvalue weighted by atomic mass is 16.8. The number of carbonyl (C=O) groups excluding carboxylic acids is 2. The van der Waals surface area contributed by atoms with Crippen LogP contribution in [0.2, 0.25) is 0 Å². The third kappa shape index (κ3) is 4.53. The molecule has 2 rings (SSSR count). The molecule has 6 nitrogen and oxygen atoms in total. The second kappa shape index (κ2) is 7.47. The summed E-state index contributed by atoms with van der Waals surface area (Å²) < 4.78 is 14.6. The van der Waals surface area contributed by atoms with Gasteiger partial charge in [-0.1, -0.05) is 6.42 Å². The van der Waals surface area contributed by atoms with E-state index in [1.807, 2.05) is 0 Å². The molecule has 1 aromatic heterocycles. The van der Waals surface area contributed by atoms with Gasteiger partial charge in [0.1, 0.15) is 6.10 Å². The van der Waals surface area contributed by atoms with Crippen molar-refractivity contribution in [1.29, 1.82) is 0 Å². The Kier molecular flexibility index (Phi) is 5.34. The number of aromatic nitrogens is 1. The molecule has 0 unspecified atom stereocenters. The van der Waals surface area contributed by atoms with Gasteiger partial charge in [-0.25, -0.2) is 9.59 Å². The molecule has 108 valence electrons. The summed E-state index contributed by atoms with van der Waals surface area (Å²) >= 11 is 0. The topological polar surface area (TPSA) is 74.7 Å². The molecule has 1 aromatic rings. The van der Waals surface area contributed by atoms with Crippen molar-refractivity contribution < 1.29 is 23.8 Å². The molecule has 1 aliphatic rings. The first-order valence-corrected chi connectivity index (χ1v) is 6.66. The molecule has 0 spiro atoms. The number of hydrogen-bond acceptors (Lipinski definition) is 6. The minimum atomic E-state index is -0.792. The van der Waals surface area contributed by atoms with Crippen molar-refractivity contribution in [3.8, 4) is 0 Å². The first-order valence-electron chi connectivity index (χ1n) is 6.66. The molecule has 0 amide bonds. The highest BCUT2D eigenvalue weighted by Gasteiger charge is 2.18. The van der Waals surface area contributed by atoms with Crippen LogP contribution in [0.3, 0.4) is 0 Å². The fraction of sp³-hybridized carbons (Fsp3) is 0.500. The average molecular weight is 279 g/mol. The molecule has 0 N–H and O–H groups in total. The zero-order valence-electron chi connectivity index (χ0n) is 11.1. The molecule has 0 saturated heterocycles. The van der Waals surface area contributed by atoms with Crippen LogP contribution in [0.5, 0.6) is 0 Å². The zero-order valence-corrected chi connectivity index (χ0v) is 11.1. The second-order valence-electron chi connectivity index (χ2n) is 4.56. The van der Waals surface area contributed by atoms with Gasteiger partial charge < -0.3 is 14.2 Å². The lowest BCUT2D eigenvalue weighted by molar-refractivity contribution is -0.0429. The molecular weight excluding hydrogens is 262 g/mol. The fourth-order valence-electron chi connectivity index (χ4n) is 2.06. The Bertz CT molecular complexity index is 442. The summed E-state index contributed by atoms with van der Waals surface area (Å²) in [6.07, 6.45) is 7.13. The van der Waals surface area contributed by atoms with E-state index >= 15 is 0 Å². The van der Waals surface area contributed by atoms with E-state index in [-0.39, 0.29) is 6.10 Å². The lowest BCUT2D eigenvalue weighted by Gasteiger charge is -2.21.